The lowest BCUT2D eigenvalue weighted by molar-refractivity contribution is 0.234. The Hall–Kier alpha value is -2.80. The van der Waals surface area contributed by atoms with Crippen molar-refractivity contribution in [2.75, 3.05) is 25.6 Å². The molecule has 4 rings (SSSR count). The Bertz CT molecular complexity index is 1120. The van der Waals surface area contributed by atoms with Crippen molar-refractivity contribution in [2.45, 2.75) is 51.3 Å². The molecule has 2 aliphatic rings. The summed E-state index contributed by atoms with van der Waals surface area (Å²) < 4.78 is 5.29. The first kappa shape index (κ1) is 23.4. The average molecular weight is 465 g/mol. The number of rotatable bonds is 4. The van der Waals surface area contributed by atoms with Crippen molar-refractivity contribution >= 4 is 34.2 Å². The first-order chi connectivity index (χ1) is 15.7. The first-order valence-electron chi connectivity index (χ1n) is 11.4. The Balaban J connectivity index is 1.78. The van der Waals surface area contributed by atoms with Crippen molar-refractivity contribution in [1.29, 1.82) is 0 Å². The molecule has 0 saturated heterocycles. The maximum absolute atomic E-state index is 12.2. The number of carbonyl (C=O) groups excluding carboxylic acids is 1. The molecule has 0 spiro atoms. The summed E-state index contributed by atoms with van der Waals surface area (Å²) in [6, 6.07) is 14.8. The molecule has 33 heavy (non-hydrogen) atoms. The summed E-state index contributed by atoms with van der Waals surface area (Å²) in [7, 11) is 3.42. The number of fused-ring (bicyclic) bond motifs is 1. The third-order valence-electron chi connectivity index (χ3n) is 5.88. The monoisotopic (exact) mass is 464 g/mol. The van der Waals surface area contributed by atoms with E-state index in [9.17, 15) is 4.79 Å². The highest BCUT2D eigenvalue weighted by Crippen LogP contribution is 2.37. The van der Waals surface area contributed by atoms with E-state index in [1.807, 2.05) is 18.2 Å². The van der Waals surface area contributed by atoms with Gasteiger partial charge in [-0.2, -0.15) is 5.10 Å². The molecule has 2 heterocycles. The SMILES string of the molecule is COc1ccccc1C(=NC(C)C)N1CCCc2cc(C3=NN(C)C(=O)SC3(C)C)ccc21. The molecule has 0 fully saturated rings. The number of hydrogen-bond acceptors (Lipinski definition) is 5. The zero-order valence-corrected chi connectivity index (χ0v) is 21.1. The van der Waals surface area contributed by atoms with Gasteiger partial charge in [0.05, 0.1) is 23.1 Å². The second-order valence-corrected chi connectivity index (χ2v) is 10.8. The van der Waals surface area contributed by atoms with Crippen molar-refractivity contribution in [3.63, 3.8) is 0 Å². The van der Waals surface area contributed by atoms with Crippen LogP contribution in [0.25, 0.3) is 0 Å². The maximum Gasteiger partial charge on any atom is 0.302 e. The number of ether oxygens (including phenoxy) is 1. The fourth-order valence-corrected chi connectivity index (χ4v) is 5.24. The highest BCUT2D eigenvalue weighted by atomic mass is 32.2. The Labute approximate surface area is 200 Å². The molecule has 1 amide bonds. The van der Waals surface area contributed by atoms with Gasteiger partial charge in [-0.15, -0.1) is 0 Å². The fraction of sp³-hybridized carbons (Fsp3) is 0.423. The van der Waals surface area contributed by atoms with E-state index >= 15 is 0 Å². The predicted octanol–water partition coefficient (Wildman–Crippen LogP) is 5.58. The second-order valence-electron chi connectivity index (χ2n) is 9.20. The van der Waals surface area contributed by atoms with Crippen LogP contribution in [0.5, 0.6) is 5.75 Å². The number of para-hydroxylation sites is 1. The summed E-state index contributed by atoms with van der Waals surface area (Å²) in [4.78, 5) is 19.5. The molecule has 0 atom stereocenters. The van der Waals surface area contributed by atoms with Gasteiger partial charge >= 0.3 is 5.24 Å². The summed E-state index contributed by atoms with van der Waals surface area (Å²) in [6.45, 7) is 9.21. The molecule has 0 aromatic heterocycles. The number of methoxy groups -OCH3 is 1. The maximum atomic E-state index is 12.2. The Kier molecular flexibility index (Phi) is 6.52. The van der Waals surface area contributed by atoms with Crippen LogP contribution in [0.2, 0.25) is 0 Å². The molecule has 7 heteroatoms. The topological polar surface area (TPSA) is 57.5 Å². The molecule has 0 radical (unpaired) electrons. The lowest BCUT2D eigenvalue weighted by Crippen LogP contribution is -2.40. The van der Waals surface area contributed by atoms with Gasteiger partial charge in [0, 0.05) is 25.3 Å². The highest BCUT2D eigenvalue weighted by molar-refractivity contribution is 8.15. The van der Waals surface area contributed by atoms with Crippen molar-refractivity contribution in [3.8, 4) is 5.75 Å². The van der Waals surface area contributed by atoms with Crippen LogP contribution >= 0.6 is 11.8 Å². The number of nitrogens with zero attached hydrogens (tertiary/aromatic N) is 4. The molecule has 0 unspecified atom stereocenters. The predicted molar refractivity (Wildman–Crippen MR) is 138 cm³/mol. The van der Waals surface area contributed by atoms with Crippen LogP contribution in [-0.2, 0) is 6.42 Å². The van der Waals surface area contributed by atoms with Crippen LogP contribution < -0.4 is 9.64 Å². The number of aryl methyl sites for hydroxylation is 1. The molecule has 0 aliphatic carbocycles. The summed E-state index contributed by atoms with van der Waals surface area (Å²) in [6.07, 6.45) is 2.03. The molecule has 6 nitrogen and oxygen atoms in total. The van der Waals surface area contributed by atoms with E-state index in [2.05, 4.69) is 62.0 Å². The largest absolute Gasteiger partial charge is 0.496 e. The van der Waals surface area contributed by atoms with Crippen LogP contribution in [0.4, 0.5) is 10.5 Å². The number of carbonyl (C=O) groups is 1. The Morgan fingerprint density at radius 3 is 2.70 bits per heavy atom. The van der Waals surface area contributed by atoms with Gasteiger partial charge in [0.2, 0.25) is 0 Å². The summed E-state index contributed by atoms with van der Waals surface area (Å²) in [5, 5.41) is 6.03. The number of amidine groups is 1. The van der Waals surface area contributed by atoms with E-state index in [0.29, 0.717) is 0 Å². The van der Waals surface area contributed by atoms with E-state index in [-0.39, 0.29) is 16.0 Å². The summed E-state index contributed by atoms with van der Waals surface area (Å²) in [5.41, 5.74) is 5.43. The van der Waals surface area contributed by atoms with Gasteiger partial charge < -0.3 is 9.64 Å². The smallest absolute Gasteiger partial charge is 0.302 e. The van der Waals surface area contributed by atoms with Crippen molar-refractivity contribution in [1.82, 2.24) is 5.01 Å². The number of anilines is 1. The van der Waals surface area contributed by atoms with E-state index in [0.717, 1.165) is 47.8 Å². The zero-order chi connectivity index (χ0) is 23.8. The Morgan fingerprint density at radius 2 is 1.97 bits per heavy atom. The van der Waals surface area contributed by atoms with Crippen LogP contribution in [0, 0.1) is 0 Å². The minimum Gasteiger partial charge on any atom is -0.496 e. The molecule has 2 aromatic rings. The molecule has 2 aliphatic heterocycles. The highest BCUT2D eigenvalue weighted by Gasteiger charge is 2.37. The van der Waals surface area contributed by atoms with Crippen LogP contribution in [-0.4, -0.2) is 53.3 Å². The van der Waals surface area contributed by atoms with E-state index < -0.39 is 0 Å². The van der Waals surface area contributed by atoms with Gasteiger partial charge in [0.1, 0.15) is 11.6 Å². The first-order valence-corrected chi connectivity index (χ1v) is 12.2. The normalized spacial score (nSPS) is 18.3. The van der Waals surface area contributed by atoms with Crippen LogP contribution in [0.15, 0.2) is 52.6 Å². The number of hydrogen-bond donors (Lipinski definition) is 0. The van der Waals surface area contributed by atoms with Crippen LogP contribution in [0.3, 0.4) is 0 Å². The minimum absolute atomic E-state index is 0.0285. The second kappa shape index (κ2) is 9.21. The molecule has 0 N–H and O–H groups in total. The fourth-order valence-electron chi connectivity index (χ4n) is 4.37. The van der Waals surface area contributed by atoms with Gasteiger partial charge in [0.15, 0.2) is 0 Å². The van der Waals surface area contributed by atoms with Gasteiger partial charge in [-0.1, -0.05) is 30.0 Å². The molecule has 0 saturated carbocycles. The molecule has 174 valence electrons. The van der Waals surface area contributed by atoms with Crippen LogP contribution in [0.1, 0.15) is 50.8 Å². The number of aliphatic imine (C=N–C) groups is 1. The number of benzene rings is 2. The number of hydrazone groups is 1. The average Bonchev–Trinajstić information content (AvgIpc) is 2.78. The lowest BCUT2D eigenvalue weighted by atomic mass is 9.93. The van der Waals surface area contributed by atoms with Gasteiger partial charge in [-0.05, 0) is 75.9 Å². The minimum atomic E-state index is -0.381. The van der Waals surface area contributed by atoms with Gasteiger partial charge in [0.25, 0.3) is 0 Å². The third-order valence-corrected chi connectivity index (χ3v) is 7.03. The molecular weight excluding hydrogens is 432 g/mol. The van der Waals surface area contributed by atoms with E-state index in [1.54, 1.807) is 14.2 Å². The third kappa shape index (κ3) is 4.64. The Morgan fingerprint density at radius 1 is 1.21 bits per heavy atom. The van der Waals surface area contributed by atoms with Gasteiger partial charge in [-0.3, -0.25) is 9.79 Å². The summed E-state index contributed by atoms with van der Waals surface area (Å²) in [5.74, 6) is 1.76. The molecular formula is C26H32N4O2S. The van der Waals surface area contributed by atoms with Crippen molar-refractivity contribution in [3.05, 3.63) is 59.2 Å². The number of amides is 1. The zero-order valence-electron chi connectivity index (χ0n) is 20.3. The van der Waals surface area contributed by atoms with Crippen molar-refractivity contribution < 1.29 is 9.53 Å². The summed E-state index contributed by atoms with van der Waals surface area (Å²) >= 11 is 1.32. The number of thioether (sulfide) groups is 1. The standard InChI is InChI=1S/C26H32N4O2S/c1-17(2)27-24(20-11-7-8-12-22(20)32-6)30-15-9-10-18-16-19(13-14-21(18)30)23-26(3,4)33-25(31)29(5)28-23/h7-8,11-14,16-17H,9-10,15H2,1-6H3. The quantitative estimate of drug-likeness (QED) is 0.438. The molecule has 0 bridgehead atoms. The molecule has 2 aromatic carbocycles. The van der Waals surface area contributed by atoms with Crippen molar-refractivity contribution in [2.24, 2.45) is 10.1 Å². The van der Waals surface area contributed by atoms with E-state index in [1.165, 1.54) is 28.0 Å². The lowest BCUT2D eigenvalue weighted by Gasteiger charge is -2.35. The van der Waals surface area contributed by atoms with Gasteiger partial charge in [-0.25, -0.2) is 5.01 Å². The van der Waals surface area contributed by atoms with E-state index in [4.69, 9.17) is 9.73 Å².